The Bertz CT molecular complexity index is 884. The highest BCUT2D eigenvalue weighted by atomic mass is 35.5. The number of nitrogens with one attached hydrogen (secondary N) is 1. The van der Waals surface area contributed by atoms with E-state index in [-0.39, 0.29) is 31.0 Å². The van der Waals surface area contributed by atoms with Crippen molar-refractivity contribution in [1.82, 2.24) is 10.2 Å². The first-order valence-corrected chi connectivity index (χ1v) is 10.7. The number of carbonyl (C=O) groups is 2. The number of halogens is 1. The van der Waals surface area contributed by atoms with Crippen molar-refractivity contribution >= 4 is 23.4 Å². The third-order valence-electron chi connectivity index (χ3n) is 4.82. The van der Waals surface area contributed by atoms with Crippen molar-refractivity contribution in [1.29, 1.82) is 0 Å². The van der Waals surface area contributed by atoms with Crippen LogP contribution < -0.4 is 14.8 Å². The topological polar surface area (TPSA) is 67.9 Å². The van der Waals surface area contributed by atoms with Crippen LogP contribution in [0, 0.1) is 6.92 Å². The Morgan fingerprint density at radius 1 is 1.10 bits per heavy atom. The van der Waals surface area contributed by atoms with Crippen LogP contribution in [0.2, 0.25) is 5.02 Å². The molecule has 0 bridgehead atoms. The molecule has 2 aromatic rings. The average molecular weight is 447 g/mol. The van der Waals surface area contributed by atoms with E-state index in [4.69, 9.17) is 21.1 Å². The van der Waals surface area contributed by atoms with Gasteiger partial charge in [-0.2, -0.15) is 0 Å². The van der Waals surface area contributed by atoms with E-state index in [2.05, 4.69) is 5.32 Å². The van der Waals surface area contributed by atoms with Crippen LogP contribution in [-0.2, 0) is 16.1 Å². The van der Waals surface area contributed by atoms with Crippen molar-refractivity contribution in [2.75, 3.05) is 13.7 Å². The van der Waals surface area contributed by atoms with E-state index in [0.717, 1.165) is 16.9 Å². The number of ether oxygens (including phenoxy) is 2. The van der Waals surface area contributed by atoms with Gasteiger partial charge in [0.05, 0.1) is 7.11 Å². The quantitative estimate of drug-likeness (QED) is 0.588. The number of hydrogen-bond donors (Lipinski definition) is 1. The molecule has 31 heavy (non-hydrogen) atoms. The van der Waals surface area contributed by atoms with E-state index in [1.54, 1.807) is 30.2 Å². The molecule has 0 saturated carbocycles. The normalized spacial score (nSPS) is 11.7. The number of nitrogens with zero attached hydrogens (tertiary/aromatic N) is 1. The Hall–Kier alpha value is -2.73. The van der Waals surface area contributed by atoms with Gasteiger partial charge in [0.2, 0.25) is 5.91 Å². The van der Waals surface area contributed by atoms with Crippen molar-refractivity contribution in [3.63, 3.8) is 0 Å². The number of amides is 2. The van der Waals surface area contributed by atoms with E-state index < -0.39 is 6.04 Å². The minimum Gasteiger partial charge on any atom is -0.497 e. The maximum absolute atomic E-state index is 13.2. The van der Waals surface area contributed by atoms with E-state index >= 15 is 0 Å². The van der Waals surface area contributed by atoms with E-state index in [1.807, 2.05) is 52.0 Å². The van der Waals surface area contributed by atoms with E-state index in [9.17, 15) is 9.59 Å². The van der Waals surface area contributed by atoms with Crippen LogP contribution in [0.4, 0.5) is 0 Å². The molecule has 2 aromatic carbocycles. The van der Waals surface area contributed by atoms with Crippen molar-refractivity contribution in [3.8, 4) is 11.5 Å². The van der Waals surface area contributed by atoms with Crippen LogP contribution in [0.15, 0.2) is 42.5 Å². The molecule has 0 fully saturated rings. The molecule has 0 aliphatic heterocycles. The Labute approximate surface area is 189 Å². The Morgan fingerprint density at radius 2 is 1.74 bits per heavy atom. The minimum absolute atomic E-state index is 0.0206. The second-order valence-electron chi connectivity index (χ2n) is 7.66. The number of aryl methyl sites for hydroxylation is 1. The maximum Gasteiger partial charge on any atom is 0.261 e. The lowest BCUT2D eigenvalue weighted by atomic mass is 10.1. The van der Waals surface area contributed by atoms with Gasteiger partial charge < -0.3 is 19.7 Å². The van der Waals surface area contributed by atoms with Crippen LogP contribution in [0.1, 0.15) is 38.3 Å². The van der Waals surface area contributed by atoms with Crippen LogP contribution >= 0.6 is 11.6 Å². The summed E-state index contributed by atoms with van der Waals surface area (Å²) in [5.74, 6) is 0.836. The molecule has 1 unspecified atom stereocenters. The number of rotatable bonds is 10. The van der Waals surface area contributed by atoms with Gasteiger partial charge in [-0.1, -0.05) is 30.7 Å². The van der Waals surface area contributed by atoms with Crippen molar-refractivity contribution < 1.29 is 19.1 Å². The highest BCUT2D eigenvalue weighted by molar-refractivity contribution is 6.31. The van der Waals surface area contributed by atoms with Gasteiger partial charge in [-0.3, -0.25) is 9.59 Å². The molecular weight excluding hydrogens is 416 g/mol. The summed E-state index contributed by atoms with van der Waals surface area (Å²) in [6.45, 7) is 7.66. The molecule has 0 saturated heterocycles. The fraction of sp³-hybridized carbons (Fsp3) is 0.417. The van der Waals surface area contributed by atoms with E-state index in [1.165, 1.54) is 0 Å². The van der Waals surface area contributed by atoms with Crippen molar-refractivity contribution in [2.24, 2.45) is 0 Å². The molecule has 6 nitrogen and oxygen atoms in total. The van der Waals surface area contributed by atoms with Gasteiger partial charge in [-0.05, 0) is 68.7 Å². The molecule has 0 aromatic heterocycles. The summed E-state index contributed by atoms with van der Waals surface area (Å²) in [6.07, 6.45) is 0.487. The van der Waals surface area contributed by atoms with Crippen molar-refractivity contribution in [3.05, 3.63) is 58.6 Å². The molecule has 168 valence electrons. The summed E-state index contributed by atoms with van der Waals surface area (Å²) >= 11 is 6.06. The standard InChI is InChI=1S/C24H31ClN2O4/c1-6-22(24(29)26-16(2)3)27(14-18-7-9-19(30-5)10-8-18)23(28)15-31-20-11-12-21(25)17(4)13-20/h7-13,16,22H,6,14-15H2,1-5H3,(H,26,29). The molecule has 0 radical (unpaired) electrons. The zero-order chi connectivity index (χ0) is 23.0. The molecule has 0 spiro atoms. The largest absolute Gasteiger partial charge is 0.497 e. The monoisotopic (exact) mass is 446 g/mol. The van der Waals surface area contributed by atoms with Gasteiger partial charge in [0, 0.05) is 17.6 Å². The number of hydrogen-bond acceptors (Lipinski definition) is 4. The molecule has 0 aliphatic carbocycles. The summed E-state index contributed by atoms with van der Waals surface area (Å²) in [5.41, 5.74) is 1.76. The van der Waals surface area contributed by atoms with Crippen LogP contribution in [0.5, 0.6) is 11.5 Å². The summed E-state index contributed by atoms with van der Waals surface area (Å²) in [5, 5.41) is 3.55. The highest BCUT2D eigenvalue weighted by Crippen LogP contribution is 2.22. The van der Waals surface area contributed by atoms with Gasteiger partial charge in [-0.15, -0.1) is 0 Å². The molecule has 0 aliphatic rings. The van der Waals surface area contributed by atoms with E-state index in [0.29, 0.717) is 17.2 Å². The molecule has 2 rings (SSSR count). The van der Waals surface area contributed by atoms with Crippen LogP contribution in [0.25, 0.3) is 0 Å². The predicted octanol–water partition coefficient (Wildman–Crippen LogP) is 4.37. The van der Waals surface area contributed by atoms with Crippen LogP contribution in [0.3, 0.4) is 0 Å². The molecule has 1 atom stereocenters. The molecule has 7 heteroatoms. The van der Waals surface area contributed by atoms with Crippen molar-refractivity contribution in [2.45, 2.75) is 52.7 Å². The zero-order valence-corrected chi connectivity index (χ0v) is 19.5. The Morgan fingerprint density at radius 3 is 2.29 bits per heavy atom. The van der Waals surface area contributed by atoms with Crippen LogP contribution in [-0.4, -0.2) is 42.5 Å². The van der Waals surface area contributed by atoms with Gasteiger partial charge >= 0.3 is 0 Å². The average Bonchev–Trinajstić information content (AvgIpc) is 2.74. The van der Waals surface area contributed by atoms with Gasteiger partial charge in [0.25, 0.3) is 5.91 Å². The minimum atomic E-state index is -0.604. The fourth-order valence-corrected chi connectivity index (χ4v) is 3.28. The first-order valence-electron chi connectivity index (χ1n) is 10.4. The first kappa shape index (κ1) is 24.5. The number of carbonyl (C=O) groups excluding carboxylic acids is 2. The second kappa shape index (κ2) is 11.6. The third-order valence-corrected chi connectivity index (χ3v) is 5.24. The summed E-state index contributed by atoms with van der Waals surface area (Å²) in [4.78, 5) is 27.5. The Balaban J connectivity index is 2.21. The lowest BCUT2D eigenvalue weighted by Crippen LogP contribution is -2.51. The maximum atomic E-state index is 13.2. The lowest BCUT2D eigenvalue weighted by molar-refractivity contribution is -0.143. The third kappa shape index (κ3) is 7.17. The Kier molecular flexibility index (Phi) is 9.19. The van der Waals surface area contributed by atoms with Gasteiger partial charge in [0.15, 0.2) is 6.61 Å². The van der Waals surface area contributed by atoms with Gasteiger partial charge in [0.1, 0.15) is 17.5 Å². The zero-order valence-electron chi connectivity index (χ0n) is 18.8. The molecule has 2 amide bonds. The van der Waals surface area contributed by atoms with Gasteiger partial charge in [-0.25, -0.2) is 0 Å². The summed E-state index contributed by atoms with van der Waals surface area (Å²) in [7, 11) is 1.60. The lowest BCUT2D eigenvalue weighted by Gasteiger charge is -2.31. The SMILES string of the molecule is CCC(C(=O)NC(C)C)N(Cc1ccc(OC)cc1)C(=O)COc1ccc(Cl)c(C)c1. The summed E-state index contributed by atoms with van der Waals surface area (Å²) in [6, 6.07) is 12.0. The smallest absolute Gasteiger partial charge is 0.261 e. The first-order chi connectivity index (χ1) is 14.7. The molecular formula is C24H31ClN2O4. The summed E-state index contributed by atoms with van der Waals surface area (Å²) < 4.78 is 10.9. The molecule has 0 heterocycles. The molecule has 1 N–H and O–H groups in total. The predicted molar refractivity (Wildman–Crippen MR) is 123 cm³/mol. The number of methoxy groups -OCH3 is 1. The number of benzene rings is 2. The highest BCUT2D eigenvalue weighted by Gasteiger charge is 2.29. The second-order valence-corrected chi connectivity index (χ2v) is 8.06. The fourth-order valence-electron chi connectivity index (χ4n) is 3.16.